The van der Waals surface area contributed by atoms with Gasteiger partial charge >= 0.3 is 5.97 Å². The number of hydrogen-bond donors (Lipinski definition) is 3. The molecule has 0 fully saturated rings. The number of carbonyl (C=O) groups is 3. The van der Waals surface area contributed by atoms with Crippen LogP contribution in [0.5, 0.6) is 11.5 Å². The Hall–Kier alpha value is -3.67. The van der Waals surface area contributed by atoms with Crippen LogP contribution in [0, 0.1) is 5.41 Å². The number of aliphatic carboxylic acids is 1. The summed E-state index contributed by atoms with van der Waals surface area (Å²) in [4.78, 5) is 44.8. The number of anilines is 1. The van der Waals surface area contributed by atoms with E-state index >= 15 is 0 Å². The maximum atomic E-state index is 13.7. The molecule has 0 unspecified atom stereocenters. The molecular weight excluding hydrogens is 606 g/mol. The summed E-state index contributed by atoms with van der Waals surface area (Å²) in [7, 11) is 5.27. The maximum absolute atomic E-state index is 13.7. The van der Waals surface area contributed by atoms with Crippen LogP contribution in [0.2, 0.25) is 0 Å². The highest BCUT2D eigenvalue weighted by Gasteiger charge is 2.32. The molecule has 1 aliphatic rings. The molecule has 12 heteroatoms. The molecule has 42 heavy (non-hydrogen) atoms. The highest BCUT2D eigenvalue weighted by atomic mass is 79.9. The Kier molecular flexibility index (Phi) is 11.9. The van der Waals surface area contributed by atoms with Gasteiger partial charge in [-0.2, -0.15) is 0 Å². The van der Waals surface area contributed by atoms with Crippen LogP contribution < -0.4 is 19.7 Å². The normalized spacial score (nSPS) is 12.4. The van der Waals surface area contributed by atoms with Gasteiger partial charge in [0.15, 0.2) is 17.2 Å². The van der Waals surface area contributed by atoms with E-state index in [-0.39, 0.29) is 52.7 Å². The van der Waals surface area contributed by atoms with Crippen LogP contribution >= 0.6 is 17.0 Å². The van der Waals surface area contributed by atoms with Crippen LogP contribution in [0.4, 0.5) is 5.69 Å². The van der Waals surface area contributed by atoms with Gasteiger partial charge in [-0.25, -0.2) is 4.98 Å². The minimum absolute atomic E-state index is 0. The Balaban J connectivity index is 0.00000616. The number of fused-ring (bicyclic) bond motifs is 1. The third kappa shape index (κ3) is 7.99. The molecule has 11 nitrogen and oxygen atoms in total. The van der Waals surface area contributed by atoms with Crippen LogP contribution in [0.1, 0.15) is 84.6 Å². The standard InChI is InChI=1S/C30H41N5O6.BrH/c1-8-40-23-15-19-16-35(28(31)25(19)33-26(23)29(39)32-5)17-22(36)18-13-20(30(2,3)4)27(21(14-18)34(6)7)41-12-10-9-11-24(37)38;/h13-15,31H,8-12,16-17H2,1-7H3,(H,32,39)(H,37,38);1H. The number of halogens is 1. The zero-order valence-electron chi connectivity index (χ0n) is 25.4. The number of aromatic nitrogens is 1. The van der Waals surface area contributed by atoms with Crippen molar-refractivity contribution in [3.63, 3.8) is 0 Å². The highest BCUT2D eigenvalue weighted by Crippen LogP contribution is 2.40. The first-order valence-corrected chi connectivity index (χ1v) is 13.7. The van der Waals surface area contributed by atoms with Gasteiger partial charge in [0, 0.05) is 50.8 Å². The molecule has 0 atom stereocenters. The van der Waals surface area contributed by atoms with Crippen LogP contribution in [0.3, 0.4) is 0 Å². The fraction of sp³-hybridized carbons (Fsp3) is 0.500. The minimum atomic E-state index is -0.830. The first-order valence-electron chi connectivity index (χ1n) is 13.7. The van der Waals surface area contributed by atoms with E-state index in [4.69, 9.17) is 20.0 Å². The van der Waals surface area contributed by atoms with Crippen molar-refractivity contribution in [3.05, 3.63) is 46.3 Å². The first kappa shape index (κ1) is 34.5. The molecule has 2 heterocycles. The Morgan fingerprint density at radius 2 is 1.83 bits per heavy atom. The van der Waals surface area contributed by atoms with Gasteiger partial charge in [-0.1, -0.05) is 20.8 Å². The lowest BCUT2D eigenvalue weighted by molar-refractivity contribution is -0.137. The number of nitrogens with one attached hydrogen (secondary N) is 2. The van der Waals surface area contributed by atoms with Crippen molar-refractivity contribution < 1.29 is 29.0 Å². The smallest absolute Gasteiger partial charge is 0.303 e. The SMILES string of the molecule is Br.CCOc1cc2c(nc1C(=O)NC)C(=N)N(CC(=O)c1cc(N(C)C)c(OCCCCC(=O)O)c(C(C)(C)C)c1)C2. The summed E-state index contributed by atoms with van der Waals surface area (Å²) in [5, 5.41) is 20.2. The van der Waals surface area contributed by atoms with Crippen LogP contribution in [-0.4, -0.2) is 79.4 Å². The van der Waals surface area contributed by atoms with E-state index in [9.17, 15) is 14.4 Å². The van der Waals surface area contributed by atoms with E-state index in [0.29, 0.717) is 55.4 Å². The van der Waals surface area contributed by atoms with Crippen molar-refractivity contribution in [2.24, 2.45) is 0 Å². The molecule has 3 N–H and O–H groups in total. The fourth-order valence-corrected chi connectivity index (χ4v) is 4.61. The maximum Gasteiger partial charge on any atom is 0.303 e. The Labute approximate surface area is 257 Å². The second-order valence-electron chi connectivity index (χ2n) is 11.2. The average molecular weight is 649 g/mol. The third-order valence-electron chi connectivity index (χ3n) is 6.76. The largest absolute Gasteiger partial charge is 0.491 e. The lowest BCUT2D eigenvalue weighted by Gasteiger charge is -2.28. The summed E-state index contributed by atoms with van der Waals surface area (Å²) in [6, 6.07) is 5.37. The van der Waals surface area contributed by atoms with Crippen molar-refractivity contribution in [1.82, 2.24) is 15.2 Å². The van der Waals surface area contributed by atoms with Gasteiger partial charge in [-0.15, -0.1) is 17.0 Å². The van der Waals surface area contributed by atoms with E-state index in [1.54, 1.807) is 17.0 Å². The molecule has 1 aliphatic heterocycles. The molecule has 0 radical (unpaired) electrons. The van der Waals surface area contributed by atoms with E-state index in [1.165, 1.54) is 7.05 Å². The summed E-state index contributed by atoms with van der Waals surface area (Å²) in [5.41, 5.74) is 2.94. The van der Waals surface area contributed by atoms with E-state index < -0.39 is 11.9 Å². The van der Waals surface area contributed by atoms with E-state index in [2.05, 4.69) is 10.3 Å². The molecule has 230 valence electrons. The van der Waals surface area contributed by atoms with Gasteiger partial charge in [0.2, 0.25) is 0 Å². The van der Waals surface area contributed by atoms with Gasteiger partial charge in [0.05, 0.1) is 25.4 Å². The highest BCUT2D eigenvalue weighted by molar-refractivity contribution is 8.93. The van der Waals surface area contributed by atoms with Crippen molar-refractivity contribution >= 4 is 46.2 Å². The number of carboxylic acids is 1. The van der Waals surface area contributed by atoms with E-state index in [0.717, 1.165) is 16.8 Å². The Bertz CT molecular complexity index is 1340. The van der Waals surface area contributed by atoms with Gasteiger partial charge in [-0.05, 0) is 43.4 Å². The monoisotopic (exact) mass is 647 g/mol. The molecule has 1 aromatic carbocycles. The van der Waals surface area contributed by atoms with Crippen LogP contribution in [-0.2, 0) is 16.8 Å². The van der Waals surface area contributed by atoms with E-state index in [1.807, 2.05) is 52.8 Å². The van der Waals surface area contributed by atoms with Crippen molar-refractivity contribution in [3.8, 4) is 11.5 Å². The number of nitrogens with zero attached hydrogens (tertiary/aromatic N) is 3. The number of hydrogen-bond acceptors (Lipinski definition) is 8. The van der Waals surface area contributed by atoms with Crippen molar-refractivity contribution in [2.75, 3.05) is 45.8 Å². The van der Waals surface area contributed by atoms with Crippen molar-refractivity contribution in [1.29, 1.82) is 5.41 Å². The summed E-state index contributed by atoms with van der Waals surface area (Å²) < 4.78 is 11.8. The topological polar surface area (TPSA) is 145 Å². The summed E-state index contributed by atoms with van der Waals surface area (Å²) >= 11 is 0. The number of unbranched alkanes of at least 4 members (excludes halogenated alkanes) is 1. The number of rotatable bonds is 13. The number of amidine groups is 1. The summed E-state index contributed by atoms with van der Waals surface area (Å²) in [5.74, 6) is -0.314. The summed E-state index contributed by atoms with van der Waals surface area (Å²) in [6.45, 7) is 8.94. The third-order valence-corrected chi connectivity index (χ3v) is 6.76. The number of ether oxygens (including phenoxy) is 2. The number of pyridine rings is 1. The molecule has 0 saturated carbocycles. The molecule has 1 amide bonds. The number of carboxylic acid groups (broad SMARTS) is 1. The molecular formula is C30H42BrN5O6. The Morgan fingerprint density at radius 1 is 1.14 bits per heavy atom. The molecule has 0 saturated heterocycles. The second-order valence-corrected chi connectivity index (χ2v) is 11.2. The first-order chi connectivity index (χ1) is 19.3. The molecule has 0 spiro atoms. The second kappa shape index (κ2) is 14.5. The number of benzene rings is 1. The average Bonchev–Trinajstić information content (AvgIpc) is 3.20. The summed E-state index contributed by atoms with van der Waals surface area (Å²) in [6.07, 6.45) is 1.21. The molecule has 1 aromatic heterocycles. The lowest BCUT2D eigenvalue weighted by Crippen LogP contribution is -2.31. The molecule has 0 aliphatic carbocycles. The molecule has 2 aromatic rings. The number of amides is 1. The predicted molar refractivity (Wildman–Crippen MR) is 167 cm³/mol. The Morgan fingerprint density at radius 3 is 2.40 bits per heavy atom. The van der Waals surface area contributed by atoms with Crippen LogP contribution in [0.25, 0.3) is 0 Å². The number of ketones is 1. The minimum Gasteiger partial charge on any atom is -0.491 e. The van der Waals surface area contributed by atoms with Gasteiger partial charge < -0.3 is 29.7 Å². The number of carbonyl (C=O) groups excluding carboxylic acids is 2. The van der Waals surface area contributed by atoms with Crippen LogP contribution in [0.15, 0.2) is 18.2 Å². The zero-order valence-corrected chi connectivity index (χ0v) is 27.1. The fourth-order valence-electron chi connectivity index (χ4n) is 4.61. The predicted octanol–water partition coefficient (Wildman–Crippen LogP) is 4.44. The molecule has 3 rings (SSSR count). The number of Topliss-reactive ketones (excluding diaryl/α,β-unsaturated/α-hetero) is 1. The van der Waals surface area contributed by atoms with Gasteiger partial charge in [0.25, 0.3) is 5.91 Å². The molecule has 0 bridgehead atoms. The van der Waals surface area contributed by atoms with Crippen molar-refractivity contribution in [2.45, 2.75) is 58.9 Å². The quantitative estimate of drug-likeness (QED) is 0.212. The van der Waals surface area contributed by atoms with Gasteiger partial charge in [-0.3, -0.25) is 19.8 Å². The van der Waals surface area contributed by atoms with Gasteiger partial charge in [0.1, 0.15) is 17.3 Å². The zero-order chi connectivity index (χ0) is 30.5. The lowest BCUT2D eigenvalue weighted by atomic mass is 9.84.